The number of aliphatic hydroxyl groups is 1. The van der Waals surface area contributed by atoms with E-state index in [9.17, 15) is 9.50 Å². The van der Waals surface area contributed by atoms with E-state index < -0.39 is 6.10 Å². The molecular formula is C16H22FNO. The van der Waals surface area contributed by atoms with Gasteiger partial charge in [0.25, 0.3) is 0 Å². The molecule has 1 heterocycles. The minimum Gasteiger partial charge on any atom is -0.389 e. The molecule has 104 valence electrons. The summed E-state index contributed by atoms with van der Waals surface area (Å²) in [5.41, 5.74) is 1.76. The van der Waals surface area contributed by atoms with E-state index in [1.54, 1.807) is 6.92 Å². The van der Waals surface area contributed by atoms with Crippen LogP contribution in [-0.2, 0) is 0 Å². The van der Waals surface area contributed by atoms with Gasteiger partial charge in [0.15, 0.2) is 0 Å². The summed E-state index contributed by atoms with van der Waals surface area (Å²) in [7, 11) is 0. The molecule has 0 radical (unpaired) electrons. The zero-order chi connectivity index (χ0) is 13.4. The fraction of sp³-hybridized carbons (Fsp3) is 0.625. The van der Waals surface area contributed by atoms with Crippen LogP contribution in [0.4, 0.5) is 10.1 Å². The Labute approximate surface area is 114 Å². The Kier molecular flexibility index (Phi) is 3.48. The normalized spacial score (nSPS) is 28.3. The lowest BCUT2D eigenvalue weighted by molar-refractivity contribution is 0.198. The fourth-order valence-corrected chi connectivity index (χ4v) is 3.87. The predicted octanol–water partition coefficient (Wildman–Crippen LogP) is 3.65. The quantitative estimate of drug-likeness (QED) is 0.880. The Hall–Kier alpha value is -1.09. The van der Waals surface area contributed by atoms with Crippen LogP contribution in [0.5, 0.6) is 0 Å². The number of hydrogen-bond acceptors (Lipinski definition) is 2. The summed E-state index contributed by atoms with van der Waals surface area (Å²) < 4.78 is 13.4. The number of fused-ring (bicyclic) bond motifs is 1. The van der Waals surface area contributed by atoms with Crippen molar-refractivity contribution < 1.29 is 9.50 Å². The molecule has 1 saturated heterocycles. The van der Waals surface area contributed by atoms with Gasteiger partial charge in [-0.1, -0.05) is 6.42 Å². The molecular weight excluding hydrogens is 241 g/mol. The fourth-order valence-electron chi connectivity index (χ4n) is 3.87. The molecule has 3 atom stereocenters. The average molecular weight is 263 g/mol. The minimum atomic E-state index is -0.618. The van der Waals surface area contributed by atoms with E-state index in [-0.39, 0.29) is 5.82 Å². The van der Waals surface area contributed by atoms with Crippen LogP contribution < -0.4 is 4.90 Å². The number of halogens is 1. The number of benzene rings is 1. The van der Waals surface area contributed by atoms with Gasteiger partial charge >= 0.3 is 0 Å². The Morgan fingerprint density at radius 3 is 2.84 bits per heavy atom. The maximum atomic E-state index is 13.4. The first-order valence-electron chi connectivity index (χ1n) is 7.41. The van der Waals surface area contributed by atoms with Crippen molar-refractivity contribution in [1.29, 1.82) is 0 Å². The molecule has 2 fully saturated rings. The molecule has 19 heavy (non-hydrogen) atoms. The molecule has 0 amide bonds. The number of anilines is 1. The summed E-state index contributed by atoms with van der Waals surface area (Å²) in [4.78, 5) is 2.42. The number of aliphatic hydroxyl groups excluding tert-OH is 1. The van der Waals surface area contributed by atoms with Crippen LogP contribution in [0.2, 0.25) is 0 Å². The van der Waals surface area contributed by atoms with E-state index in [0.717, 1.165) is 23.7 Å². The van der Waals surface area contributed by atoms with Gasteiger partial charge in [0, 0.05) is 23.8 Å². The number of piperidine rings is 1. The summed E-state index contributed by atoms with van der Waals surface area (Å²) in [5, 5.41) is 9.91. The Bertz CT molecular complexity index is 460. The Balaban J connectivity index is 1.96. The van der Waals surface area contributed by atoms with E-state index in [4.69, 9.17) is 0 Å². The molecule has 1 aliphatic carbocycles. The number of rotatable bonds is 2. The topological polar surface area (TPSA) is 23.5 Å². The molecule has 0 spiro atoms. The molecule has 0 bridgehead atoms. The monoisotopic (exact) mass is 263 g/mol. The molecule has 2 nitrogen and oxygen atoms in total. The molecule has 1 aliphatic heterocycles. The van der Waals surface area contributed by atoms with Gasteiger partial charge in [0.2, 0.25) is 0 Å². The van der Waals surface area contributed by atoms with Gasteiger partial charge in [-0.3, -0.25) is 0 Å². The van der Waals surface area contributed by atoms with Gasteiger partial charge in [-0.2, -0.15) is 0 Å². The van der Waals surface area contributed by atoms with Crippen LogP contribution in [0.3, 0.4) is 0 Å². The van der Waals surface area contributed by atoms with Crippen LogP contribution >= 0.6 is 0 Å². The van der Waals surface area contributed by atoms with Gasteiger partial charge in [0.05, 0.1) is 6.10 Å². The molecule has 3 rings (SSSR count). The number of nitrogens with zero attached hydrogens (tertiary/aromatic N) is 1. The predicted molar refractivity (Wildman–Crippen MR) is 74.7 cm³/mol. The molecule has 1 aromatic carbocycles. The second-order valence-electron chi connectivity index (χ2n) is 5.97. The van der Waals surface area contributed by atoms with Crippen molar-refractivity contribution in [2.45, 2.75) is 51.2 Å². The smallest absolute Gasteiger partial charge is 0.123 e. The maximum Gasteiger partial charge on any atom is 0.123 e. The van der Waals surface area contributed by atoms with E-state index in [1.807, 2.05) is 6.07 Å². The Morgan fingerprint density at radius 1 is 1.26 bits per heavy atom. The van der Waals surface area contributed by atoms with Gasteiger partial charge in [-0.05, 0) is 56.7 Å². The SMILES string of the molecule is C[C@@H](O)c1cc(F)ccc1N1CCCC2CCCC21. The van der Waals surface area contributed by atoms with Crippen molar-refractivity contribution in [2.24, 2.45) is 5.92 Å². The summed E-state index contributed by atoms with van der Waals surface area (Å²) in [6.07, 6.45) is 5.78. The molecule has 2 unspecified atom stereocenters. The van der Waals surface area contributed by atoms with Crippen molar-refractivity contribution >= 4 is 5.69 Å². The first-order chi connectivity index (χ1) is 9.16. The van der Waals surface area contributed by atoms with Crippen LogP contribution in [0.25, 0.3) is 0 Å². The van der Waals surface area contributed by atoms with E-state index in [1.165, 1.54) is 44.2 Å². The summed E-state index contributed by atoms with van der Waals surface area (Å²) in [6, 6.07) is 5.44. The highest BCUT2D eigenvalue weighted by molar-refractivity contribution is 5.56. The lowest BCUT2D eigenvalue weighted by Crippen LogP contribution is -2.43. The van der Waals surface area contributed by atoms with E-state index >= 15 is 0 Å². The van der Waals surface area contributed by atoms with Crippen molar-refractivity contribution in [3.8, 4) is 0 Å². The van der Waals surface area contributed by atoms with Gasteiger partial charge in [-0.15, -0.1) is 0 Å². The zero-order valence-corrected chi connectivity index (χ0v) is 11.5. The summed E-state index contributed by atoms with van der Waals surface area (Å²) in [5.74, 6) is 0.528. The second kappa shape index (κ2) is 5.12. The second-order valence-corrected chi connectivity index (χ2v) is 5.97. The maximum absolute atomic E-state index is 13.4. The van der Waals surface area contributed by atoms with Crippen LogP contribution in [0.15, 0.2) is 18.2 Å². The third kappa shape index (κ3) is 2.36. The van der Waals surface area contributed by atoms with Gasteiger partial charge in [-0.25, -0.2) is 4.39 Å². The summed E-state index contributed by atoms with van der Waals surface area (Å²) >= 11 is 0. The Morgan fingerprint density at radius 2 is 2.05 bits per heavy atom. The average Bonchev–Trinajstić information content (AvgIpc) is 2.86. The van der Waals surface area contributed by atoms with Crippen molar-refractivity contribution in [3.63, 3.8) is 0 Å². The molecule has 1 saturated carbocycles. The van der Waals surface area contributed by atoms with E-state index in [0.29, 0.717) is 6.04 Å². The molecule has 1 aromatic rings. The molecule has 1 N–H and O–H groups in total. The highest BCUT2D eigenvalue weighted by Crippen LogP contribution is 2.41. The largest absolute Gasteiger partial charge is 0.389 e. The van der Waals surface area contributed by atoms with Crippen molar-refractivity contribution in [3.05, 3.63) is 29.6 Å². The third-order valence-corrected chi connectivity index (χ3v) is 4.74. The molecule has 3 heteroatoms. The highest BCUT2D eigenvalue weighted by Gasteiger charge is 2.36. The van der Waals surface area contributed by atoms with Gasteiger partial charge < -0.3 is 10.0 Å². The lowest BCUT2D eigenvalue weighted by Gasteiger charge is -2.40. The summed E-state index contributed by atoms with van der Waals surface area (Å²) in [6.45, 7) is 2.75. The first kappa shape index (κ1) is 12.9. The van der Waals surface area contributed by atoms with Crippen molar-refractivity contribution in [1.82, 2.24) is 0 Å². The zero-order valence-electron chi connectivity index (χ0n) is 11.5. The number of hydrogen-bond donors (Lipinski definition) is 1. The third-order valence-electron chi connectivity index (χ3n) is 4.74. The first-order valence-corrected chi connectivity index (χ1v) is 7.41. The molecule has 0 aromatic heterocycles. The minimum absolute atomic E-state index is 0.264. The van der Waals surface area contributed by atoms with E-state index in [2.05, 4.69) is 4.90 Å². The van der Waals surface area contributed by atoms with Crippen LogP contribution in [0.1, 0.15) is 50.7 Å². The van der Waals surface area contributed by atoms with Crippen molar-refractivity contribution in [2.75, 3.05) is 11.4 Å². The van der Waals surface area contributed by atoms with Gasteiger partial charge in [0.1, 0.15) is 5.82 Å². The highest BCUT2D eigenvalue weighted by atomic mass is 19.1. The van der Waals surface area contributed by atoms with Crippen LogP contribution in [0, 0.1) is 11.7 Å². The van der Waals surface area contributed by atoms with Crippen LogP contribution in [-0.4, -0.2) is 17.7 Å². The molecule has 2 aliphatic rings. The standard InChI is InChI=1S/C16H22FNO/c1-11(19)14-10-13(17)7-8-16(14)18-9-3-5-12-4-2-6-15(12)18/h7-8,10-12,15,19H,2-6,9H2,1H3/t11-,12?,15?/m1/s1. The lowest BCUT2D eigenvalue weighted by atomic mass is 9.90.